The molecule has 31 heavy (non-hydrogen) atoms. The normalized spacial score (nSPS) is 11.9. The number of hydrogen-bond acceptors (Lipinski definition) is 8. The maximum Gasteiger partial charge on any atom is 0.201 e. The number of aromatic amines is 1. The second-order valence-electron chi connectivity index (χ2n) is 6.35. The Bertz CT molecular complexity index is 1160. The van der Waals surface area contributed by atoms with Crippen molar-refractivity contribution < 1.29 is 13.6 Å². The Hall–Kier alpha value is -3.47. The molecule has 2 heterocycles. The zero-order chi connectivity index (χ0) is 22.4. The Morgan fingerprint density at radius 1 is 1.35 bits per heavy atom. The Labute approximate surface area is 181 Å². The van der Waals surface area contributed by atoms with Gasteiger partial charge in [-0.25, -0.2) is 18.7 Å². The lowest BCUT2D eigenvalue weighted by atomic mass is 10.0. The number of carbonyl (C=O) groups is 1. The fourth-order valence-corrected chi connectivity index (χ4v) is 3.45. The van der Waals surface area contributed by atoms with Gasteiger partial charge in [-0.05, 0) is 18.6 Å². The van der Waals surface area contributed by atoms with Gasteiger partial charge >= 0.3 is 0 Å². The van der Waals surface area contributed by atoms with E-state index >= 15 is 4.39 Å². The SMILES string of the molecule is CCCSNc1ccc(F)c(C(=O)c2c[nH]c3ncnc(NC(C=NC)=CN)c23)c1F. The third-order valence-electron chi connectivity index (χ3n) is 4.23. The van der Waals surface area contributed by atoms with Gasteiger partial charge in [-0.2, -0.15) is 0 Å². The zero-order valence-electron chi connectivity index (χ0n) is 16.9. The van der Waals surface area contributed by atoms with Crippen molar-refractivity contribution in [2.45, 2.75) is 13.3 Å². The van der Waals surface area contributed by atoms with Crippen molar-refractivity contribution in [2.75, 3.05) is 22.8 Å². The number of nitrogens with zero attached hydrogens (tertiary/aromatic N) is 3. The zero-order valence-corrected chi connectivity index (χ0v) is 17.7. The highest BCUT2D eigenvalue weighted by atomic mass is 32.2. The number of rotatable bonds is 9. The molecular weight excluding hydrogens is 424 g/mol. The summed E-state index contributed by atoms with van der Waals surface area (Å²) in [5.41, 5.74) is 5.69. The summed E-state index contributed by atoms with van der Waals surface area (Å²) in [6, 6.07) is 2.32. The molecule has 0 aliphatic carbocycles. The second-order valence-corrected chi connectivity index (χ2v) is 7.25. The van der Waals surface area contributed by atoms with Gasteiger partial charge < -0.3 is 20.8 Å². The summed E-state index contributed by atoms with van der Waals surface area (Å²) >= 11 is 1.27. The topological polar surface area (TPSA) is 121 Å². The molecule has 0 radical (unpaired) electrons. The predicted molar refractivity (Wildman–Crippen MR) is 120 cm³/mol. The van der Waals surface area contributed by atoms with E-state index in [9.17, 15) is 9.18 Å². The van der Waals surface area contributed by atoms with Crippen molar-refractivity contribution >= 4 is 46.5 Å². The fourth-order valence-electron chi connectivity index (χ4n) is 2.83. The Morgan fingerprint density at radius 2 is 2.16 bits per heavy atom. The molecule has 0 saturated heterocycles. The maximum atomic E-state index is 15.0. The second kappa shape index (κ2) is 10.0. The van der Waals surface area contributed by atoms with E-state index < -0.39 is 23.0 Å². The van der Waals surface area contributed by atoms with Gasteiger partial charge in [-0.1, -0.05) is 18.9 Å². The molecule has 0 fully saturated rings. The Balaban J connectivity index is 2.07. The maximum absolute atomic E-state index is 15.0. The summed E-state index contributed by atoms with van der Waals surface area (Å²) in [6.45, 7) is 1.98. The molecule has 11 heteroatoms. The molecule has 0 spiro atoms. The van der Waals surface area contributed by atoms with E-state index in [1.807, 2.05) is 6.92 Å². The standard InChI is InChI=1S/C20H21F2N7OS/c1-3-6-31-29-14-5-4-13(21)16(17(14)22)18(30)12-9-25-19-15(12)20(27-10-26-19)28-11(7-23)8-24-2/h4-5,7-10,29H,3,6,23H2,1-2H3,(H2,25,26,27,28). The van der Waals surface area contributed by atoms with Crippen molar-refractivity contribution in [2.24, 2.45) is 10.7 Å². The highest BCUT2D eigenvalue weighted by Crippen LogP contribution is 2.30. The molecule has 1 aromatic carbocycles. The summed E-state index contributed by atoms with van der Waals surface area (Å²) in [5.74, 6) is -1.80. The quantitative estimate of drug-likeness (QED) is 0.171. The molecule has 0 aliphatic heterocycles. The molecule has 2 aromatic heterocycles. The van der Waals surface area contributed by atoms with Gasteiger partial charge in [-0.15, -0.1) is 0 Å². The number of aliphatic imine (C=N–C) groups is 1. The van der Waals surface area contributed by atoms with Crippen molar-refractivity contribution in [3.8, 4) is 0 Å². The minimum absolute atomic E-state index is 0.0130. The van der Waals surface area contributed by atoms with E-state index in [1.54, 1.807) is 7.05 Å². The first-order valence-electron chi connectivity index (χ1n) is 9.35. The number of aromatic nitrogens is 3. The third kappa shape index (κ3) is 4.66. The third-order valence-corrected chi connectivity index (χ3v) is 5.21. The monoisotopic (exact) mass is 445 g/mol. The predicted octanol–water partition coefficient (Wildman–Crippen LogP) is 3.85. The summed E-state index contributed by atoms with van der Waals surface area (Å²) < 4.78 is 32.4. The van der Waals surface area contributed by atoms with E-state index in [1.165, 1.54) is 43.0 Å². The van der Waals surface area contributed by atoms with Gasteiger partial charge in [0.1, 0.15) is 23.6 Å². The minimum Gasteiger partial charge on any atom is -0.403 e. The first-order chi connectivity index (χ1) is 15.0. The highest BCUT2D eigenvalue weighted by Gasteiger charge is 2.26. The number of nitrogens with one attached hydrogen (secondary N) is 3. The molecule has 8 nitrogen and oxygen atoms in total. The lowest BCUT2D eigenvalue weighted by Crippen LogP contribution is -2.11. The number of allylic oxidation sites excluding steroid dienone is 1. The molecule has 0 unspecified atom stereocenters. The molecule has 0 atom stereocenters. The number of carbonyl (C=O) groups excluding carboxylic acids is 1. The van der Waals surface area contributed by atoms with Crippen molar-refractivity contribution in [1.82, 2.24) is 15.0 Å². The van der Waals surface area contributed by atoms with Gasteiger partial charge in [0.05, 0.1) is 27.9 Å². The number of ketones is 1. The van der Waals surface area contributed by atoms with E-state index in [-0.39, 0.29) is 22.5 Å². The number of halogens is 2. The van der Waals surface area contributed by atoms with Crippen LogP contribution in [0.4, 0.5) is 20.3 Å². The summed E-state index contributed by atoms with van der Waals surface area (Å²) in [6.07, 6.45) is 6.24. The molecular formula is C20H21F2N7OS. The van der Waals surface area contributed by atoms with Gasteiger partial charge in [0.2, 0.25) is 5.78 Å². The first-order valence-corrected chi connectivity index (χ1v) is 10.3. The van der Waals surface area contributed by atoms with E-state index in [4.69, 9.17) is 5.73 Å². The van der Waals surface area contributed by atoms with Crippen LogP contribution < -0.4 is 15.8 Å². The molecule has 0 aliphatic rings. The van der Waals surface area contributed by atoms with E-state index in [0.717, 1.165) is 18.2 Å². The number of nitrogens with two attached hydrogens (primary N) is 1. The summed E-state index contributed by atoms with van der Waals surface area (Å²) in [4.78, 5) is 28.1. The molecule has 162 valence electrons. The number of fused-ring (bicyclic) bond motifs is 1. The van der Waals surface area contributed by atoms with Gasteiger partial charge in [0, 0.05) is 31.4 Å². The molecule has 0 amide bonds. The van der Waals surface area contributed by atoms with Crippen LogP contribution in [-0.4, -0.2) is 39.8 Å². The number of hydrogen-bond donors (Lipinski definition) is 4. The molecule has 3 rings (SSSR count). The van der Waals surface area contributed by atoms with Crippen LogP contribution in [0, 0.1) is 11.6 Å². The van der Waals surface area contributed by atoms with E-state index in [2.05, 4.69) is 30.0 Å². The van der Waals surface area contributed by atoms with Crippen LogP contribution in [0.2, 0.25) is 0 Å². The fraction of sp³-hybridized carbons (Fsp3) is 0.200. The minimum atomic E-state index is -0.963. The number of anilines is 2. The average molecular weight is 445 g/mol. The van der Waals surface area contributed by atoms with E-state index in [0.29, 0.717) is 11.3 Å². The molecule has 3 aromatic rings. The van der Waals surface area contributed by atoms with Gasteiger partial charge in [0.15, 0.2) is 5.82 Å². The number of benzene rings is 1. The summed E-state index contributed by atoms with van der Waals surface area (Å²) in [5, 5.41) is 3.21. The van der Waals surface area contributed by atoms with Gasteiger partial charge in [0.25, 0.3) is 0 Å². The van der Waals surface area contributed by atoms with Crippen LogP contribution in [0.3, 0.4) is 0 Å². The van der Waals surface area contributed by atoms with Crippen LogP contribution in [0.25, 0.3) is 11.0 Å². The van der Waals surface area contributed by atoms with Crippen LogP contribution in [-0.2, 0) is 0 Å². The van der Waals surface area contributed by atoms with Gasteiger partial charge in [-0.3, -0.25) is 9.79 Å². The highest BCUT2D eigenvalue weighted by molar-refractivity contribution is 8.00. The lowest BCUT2D eigenvalue weighted by Gasteiger charge is -2.11. The first kappa shape index (κ1) is 22.2. The number of H-pyrrole nitrogens is 1. The summed E-state index contributed by atoms with van der Waals surface area (Å²) in [7, 11) is 1.57. The molecule has 0 saturated carbocycles. The van der Waals surface area contributed by atoms with Crippen molar-refractivity contribution in [3.05, 3.63) is 59.3 Å². The van der Waals surface area contributed by atoms with Crippen LogP contribution in [0.15, 0.2) is 41.5 Å². The Morgan fingerprint density at radius 3 is 2.87 bits per heavy atom. The lowest BCUT2D eigenvalue weighted by molar-refractivity contribution is 0.103. The Kier molecular flexibility index (Phi) is 7.19. The van der Waals surface area contributed by atoms with Crippen molar-refractivity contribution in [3.63, 3.8) is 0 Å². The van der Waals surface area contributed by atoms with Crippen LogP contribution in [0.5, 0.6) is 0 Å². The van der Waals surface area contributed by atoms with Crippen LogP contribution in [0.1, 0.15) is 29.3 Å². The largest absolute Gasteiger partial charge is 0.403 e. The average Bonchev–Trinajstić information content (AvgIpc) is 3.20. The molecule has 5 N–H and O–H groups in total. The van der Waals surface area contributed by atoms with Crippen LogP contribution >= 0.6 is 11.9 Å². The smallest absolute Gasteiger partial charge is 0.201 e. The molecule has 0 bridgehead atoms. The van der Waals surface area contributed by atoms with Crippen molar-refractivity contribution in [1.29, 1.82) is 0 Å².